The Morgan fingerprint density at radius 2 is 1.78 bits per heavy atom. The first-order valence-corrected chi connectivity index (χ1v) is 11.9. The highest BCUT2D eigenvalue weighted by Crippen LogP contribution is 2.20. The molecular weight excluding hydrogens is 454 g/mol. The van der Waals surface area contributed by atoms with Gasteiger partial charge in [-0.15, -0.1) is 11.3 Å². The van der Waals surface area contributed by atoms with Crippen LogP contribution < -0.4 is 5.32 Å². The first kappa shape index (κ1) is 24.9. The fraction of sp³-hybridized carbons (Fsp3) is 0.350. The summed E-state index contributed by atoms with van der Waals surface area (Å²) in [5.74, 6) is -0.900. The second-order valence-electron chi connectivity index (χ2n) is 6.32. The van der Waals surface area contributed by atoms with Crippen molar-refractivity contribution in [3.63, 3.8) is 0 Å². The normalized spacial score (nSPS) is 10.9. The Morgan fingerprint density at radius 1 is 1.16 bits per heavy atom. The molecule has 0 aliphatic rings. The van der Waals surface area contributed by atoms with Gasteiger partial charge in [-0.05, 0) is 31.2 Å². The van der Waals surface area contributed by atoms with E-state index in [0.717, 1.165) is 15.6 Å². The number of benzene rings is 1. The van der Waals surface area contributed by atoms with E-state index in [9.17, 15) is 18.0 Å². The maximum absolute atomic E-state index is 12.8. The minimum atomic E-state index is -3.91. The van der Waals surface area contributed by atoms with Crippen molar-refractivity contribution in [2.45, 2.75) is 31.1 Å². The van der Waals surface area contributed by atoms with Crippen molar-refractivity contribution < 1.29 is 22.7 Å². The van der Waals surface area contributed by atoms with Crippen LogP contribution in [-0.2, 0) is 26.0 Å². The average molecular weight is 476 g/mol. The molecule has 0 bridgehead atoms. The Hall–Kier alpha value is -3.32. The van der Waals surface area contributed by atoms with Crippen LogP contribution in [0.4, 0.5) is 5.13 Å². The van der Waals surface area contributed by atoms with E-state index in [1.54, 1.807) is 12.3 Å². The number of aromatic nitrogens is 1. The largest absolute Gasteiger partial charge is 0.466 e. The molecular formula is C20H21N5O5S2. The predicted molar refractivity (Wildman–Crippen MR) is 116 cm³/mol. The Kier molecular flexibility index (Phi) is 9.28. The Labute approximate surface area is 190 Å². The zero-order valence-electron chi connectivity index (χ0n) is 17.3. The third-order valence-electron chi connectivity index (χ3n) is 4.10. The zero-order valence-corrected chi connectivity index (χ0v) is 18.9. The van der Waals surface area contributed by atoms with Crippen molar-refractivity contribution in [1.29, 1.82) is 10.5 Å². The summed E-state index contributed by atoms with van der Waals surface area (Å²) >= 11 is 1.15. The van der Waals surface area contributed by atoms with Crippen molar-refractivity contribution >= 4 is 38.4 Å². The van der Waals surface area contributed by atoms with Crippen LogP contribution in [0, 0.1) is 22.7 Å². The van der Waals surface area contributed by atoms with E-state index in [-0.39, 0.29) is 49.4 Å². The van der Waals surface area contributed by atoms with Gasteiger partial charge in [0, 0.05) is 36.9 Å². The van der Waals surface area contributed by atoms with E-state index < -0.39 is 21.9 Å². The van der Waals surface area contributed by atoms with Crippen LogP contribution in [0.2, 0.25) is 0 Å². The summed E-state index contributed by atoms with van der Waals surface area (Å²) in [6.07, 6.45) is -0.00486. The molecule has 10 nitrogen and oxygen atoms in total. The van der Waals surface area contributed by atoms with E-state index >= 15 is 0 Å². The number of esters is 1. The molecule has 1 aromatic heterocycles. The first-order chi connectivity index (χ1) is 15.3. The maximum Gasteiger partial charge on any atom is 0.311 e. The molecule has 12 heteroatoms. The van der Waals surface area contributed by atoms with Gasteiger partial charge in [-0.1, -0.05) is 0 Å². The van der Waals surface area contributed by atoms with Crippen LogP contribution in [0.15, 0.2) is 34.5 Å². The fourth-order valence-corrected chi connectivity index (χ4v) is 4.75. The Balaban J connectivity index is 2.08. The molecule has 0 saturated heterocycles. The van der Waals surface area contributed by atoms with Gasteiger partial charge in [-0.25, -0.2) is 13.4 Å². The average Bonchev–Trinajstić information content (AvgIpc) is 3.20. The van der Waals surface area contributed by atoms with E-state index in [0.29, 0.717) is 10.8 Å². The number of anilines is 1. The summed E-state index contributed by atoms with van der Waals surface area (Å²) in [5, 5.41) is 22.1. The number of hydrogen-bond donors (Lipinski definition) is 1. The van der Waals surface area contributed by atoms with Crippen molar-refractivity contribution in [1.82, 2.24) is 9.29 Å². The second-order valence-corrected chi connectivity index (χ2v) is 9.12. The predicted octanol–water partition coefficient (Wildman–Crippen LogP) is 2.32. The molecule has 168 valence electrons. The smallest absolute Gasteiger partial charge is 0.311 e. The number of rotatable bonds is 11. The number of thiazole rings is 1. The summed E-state index contributed by atoms with van der Waals surface area (Å²) in [4.78, 5) is 28.1. The second kappa shape index (κ2) is 11.9. The third-order valence-corrected chi connectivity index (χ3v) is 6.82. The lowest BCUT2D eigenvalue weighted by atomic mass is 10.2. The lowest BCUT2D eigenvalue weighted by molar-refractivity contribution is -0.142. The molecule has 2 aromatic rings. The van der Waals surface area contributed by atoms with Crippen LogP contribution in [0.3, 0.4) is 0 Å². The molecule has 32 heavy (non-hydrogen) atoms. The summed E-state index contributed by atoms with van der Waals surface area (Å²) in [6, 6.07) is 9.10. The topological polar surface area (TPSA) is 153 Å². The summed E-state index contributed by atoms with van der Waals surface area (Å²) in [7, 11) is -3.91. The number of nitriles is 2. The molecule has 0 spiro atoms. The number of carbonyl (C=O) groups excluding carboxylic acids is 2. The molecule has 0 radical (unpaired) electrons. The van der Waals surface area contributed by atoms with Gasteiger partial charge in [0.1, 0.15) is 0 Å². The monoisotopic (exact) mass is 475 g/mol. The standard InChI is InChI=1S/C20H21N5O5S2/c1-2-30-18(26)13-16-14-31-20(23-16)24-19(27)15-5-7-17(8-6-15)32(28,29)25(11-3-9-21)12-4-10-22/h5-8,14H,2-4,11-13H2,1H3,(H,23,24,27). The van der Waals surface area contributed by atoms with Crippen LogP contribution >= 0.6 is 11.3 Å². The van der Waals surface area contributed by atoms with Crippen molar-refractivity contribution in [3.8, 4) is 12.1 Å². The van der Waals surface area contributed by atoms with E-state index in [1.165, 1.54) is 24.3 Å². The molecule has 1 heterocycles. The number of amides is 1. The van der Waals surface area contributed by atoms with Crippen LogP contribution in [-0.4, -0.2) is 49.3 Å². The van der Waals surface area contributed by atoms with Crippen molar-refractivity contribution in [2.75, 3.05) is 25.0 Å². The number of nitrogens with zero attached hydrogens (tertiary/aromatic N) is 4. The SMILES string of the molecule is CCOC(=O)Cc1csc(NC(=O)c2ccc(S(=O)(=O)N(CCC#N)CCC#N)cc2)n1. The minimum absolute atomic E-state index is 0.000863. The van der Waals surface area contributed by atoms with Crippen LogP contribution in [0.25, 0.3) is 0 Å². The molecule has 0 saturated carbocycles. The van der Waals surface area contributed by atoms with Crippen LogP contribution in [0.5, 0.6) is 0 Å². The molecule has 0 unspecified atom stereocenters. The molecule has 2 rings (SSSR count). The third kappa shape index (κ3) is 6.85. The van der Waals surface area contributed by atoms with E-state index in [2.05, 4.69) is 10.3 Å². The van der Waals surface area contributed by atoms with Crippen molar-refractivity contribution in [2.24, 2.45) is 0 Å². The summed E-state index contributed by atoms with van der Waals surface area (Å²) in [6.45, 7) is 1.92. The minimum Gasteiger partial charge on any atom is -0.466 e. The number of ether oxygens (including phenoxy) is 1. The van der Waals surface area contributed by atoms with Crippen LogP contribution in [0.1, 0.15) is 35.8 Å². The van der Waals surface area contributed by atoms with Gasteiger partial charge in [0.05, 0.1) is 35.8 Å². The lowest BCUT2D eigenvalue weighted by Gasteiger charge is -2.20. The molecule has 0 fully saturated rings. The van der Waals surface area contributed by atoms with Gasteiger partial charge in [0.25, 0.3) is 5.91 Å². The highest BCUT2D eigenvalue weighted by atomic mass is 32.2. The first-order valence-electron chi connectivity index (χ1n) is 9.57. The Bertz CT molecular complexity index is 1110. The maximum atomic E-state index is 12.8. The Morgan fingerprint density at radius 3 is 2.34 bits per heavy atom. The molecule has 1 N–H and O–H groups in total. The van der Waals surface area contributed by atoms with Gasteiger partial charge < -0.3 is 4.74 Å². The molecule has 0 aliphatic carbocycles. The quantitative estimate of drug-likeness (QED) is 0.486. The number of hydrogen-bond acceptors (Lipinski definition) is 9. The number of sulfonamides is 1. The van der Waals surface area contributed by atoms with E-state index in [1.807, 2.05) is 12.1 Å². The van der Waals surface area contributed by atoms with Gasteiger partial charge in [-0.2, -0.15) is 14.8 Å². The molecule has 0 atom stereocenters. The van der Waals surface area contributed by atoms with Gasteiger partial charge in [0.2, 0.25) is 10.0 Å². The van der Waals surface area contributed by atoms with Gasteiger partial charge in [-0.3, -0.25) is 14.9 Å². The molecule has 0 aliphatic heterocycles. The van der Waals surface area contributed by atoms with Gasteiger partial charge in [0.15, 0.2) is 5.13 Å². The lowest BCUT2D eigenvalue weighted by Crippen LogP contribution is -2.32. The summed E-state index contributed by atoms with van der Waals surface area (Å²) in [5.41, 5.74) is 0.687. The van der Waals surface area contributed by atoms with Crippen molar-refractivity contribution in [3.05, 3.63) is 40.9 Å². The molecule has 1 amide bonds. The number of nitrogens with one attached hydrogen (secondary N) is 1. The fourth-order valence-electron chi connectivity index (χ4n) is 2.60. The highest BCUT2D eigenvalue weighted by Gasteiger charge is 2.24. The number of carbonyl (C=O) groups is 2. The van der Waals surface area contributed by atoms with E-state index in [4.69, 9.17) is 15.3 Å². The molecule has 1 aromatic carbocycles. The highest BCUT2D eigenvalue weighted by molar-refractivity contribution is 7.89. The zero-order chi connectivity index (χ0) is 23.6. The summed E-state index contributed by atoms with van der Waals surface area (Å²) < 4.78 is 31.6. The van der Waals surface area contributed by atoms with Gasteiger partial charge >= 0.3 is 5.97 Å².